The largest absolute Gasteiger partial charge is 0.481 e. The number of aliphatic carboxylic acids is 4. The highest BCUT2D eigenvalue weighted by molar-refractivity contribution is 5.97. The molecular weight excluding hydrogens is 704 g/mol. The second kappa shape index (κ2) is 21.9. The number of nitrogens with one attached hydrogen (secondary N) is 4. The van der Waals surface area contributed by atoms with Gasteiger partial charge in [-0.15, -0.1) is 0 Å². The van der Waals surface area contributed by atoms with E-state index in [-0.39, 0.29) is 60.5 Å². The first-order valence-corrected chi connectivity index (χ1v) is 15.2. The lowest BCUT2D eigenvalue weighted by Crippen LogP contribution is -2.41. The number of benzene rings is 1. The average Bonchev–Trinajstić information content (AvgIpc) is 3.07. The van der Waals surface area contributed by atoms with Gasteiger partial charge in [0.1, 0.15) is 18.6 Å². The number of carboxylic acid groups (broad SMARTS) is 4. The number of nitrogens with zero attached hydrogens (tertiary/aromatic N) is 5. The highest BCUT2D eigenvalue weighted by Crippen LogP contribution is 2.12. The van der Waals surface area contributed by atoms with Crippen LogP contribution in [0.3, 0.4) is 0 Å². The van der Waals surface area contributed by atoms with Crippen LogP contribution in [-0.4, -0.2) is 119 Å². The van der Waals surface area contributed by atoms with Crippen molar-refractivity contribution in [1.29, 1.82) is 5.41 Å². The van der Waals surface area contributed by atoms with Crippen molar-refractivity contribution in [3.05, 3.63) is 52.1 Å². The maximum absolute atomic E-state index is 12.3. The van der Waals surface area contributed by atoms with Crippen molar-refractivity contribution in [3.8, 4) is 0 Å². The third kappa shape index (κ3) is 17.4. The quantitative estimate of drug-likeness (QED) is 0.0403. The molecule has 53 heavy (non-hydrogen) atoms. The maximum Gasteiger partial charge on any atom is 0.326 e. The summed E-state index contributed by atoms with van der Waals surface area (Å²) in [5, 5.41) is 46.5. The molecule has 2 heterocycles. The molecule has 0 fully saturated rings. The number of hydrogen-bond donors (Lipinski definition) is 13. The number of amides is 1. The van der Waals surface area contributed by atoms with Gasteiger partial charge in [0.25, 0.3) is 11.5 Å². The van der Waals surface area contributed by atoms with Crippen molar-refractivity contribution in [2.75, 3.05) is 31.2 Å². The third-order valence-corrected chi connectivity index (χ3v) is 6.43. The molecule has 288 valence electrons. The predicted octanol–water partition coefficient (Wildman–Crippen LogP) is -2.70. The van der Waals surface area contributed by atoms with Gasteiger partial charge in [0.05, 0.1) is 18.4 Å². The van der Waals surface area contributed by atoms with Gasteiger partial charge in [-0.1, -0.05) is 0 Å². The first-order valence-electron chi connectivity index (χ1n) is 15.2. The lowest BCUT2D eigenvalue weighted by atomic mass is 10.1. The molecule has 24 heteroatoms. The van der Waals surface area contributed by atoms with Crippen molar-refractivity contribution < 1.29 is 44.4 Å². The van der Waals surface area contributed by atoms with Crippen LogP contribution < -0.4 is 44.9 Å². The first kappa shape index (κ1) is 43.9. The zero-order valence-electron chi connectivity index (χ0n) is 28.4. The molecule has 1 amide bonds. The number of aliphatic imine (C=N–C) groups is 1. The Morgan fingerprint density at radius 3 is 2.13 bits per heavy atom. The predicted molar refractivity (Wildman–Crippen MR) is 190 cm³/mol. The van der Waals surface area contributed by atoms with E-state index in [9.17, 15) is 28.8 Å². The molecule has 0 aliphatic rings. The number of nitrogens with two attached hydrogens (primary N) is 5. The zero-order chi connectivity index (χ0) is 40.2. The van der Waals surface area contributed by atoms with E-state index in [0.717, 1.165) is 4.90 Å². The summed E-state index contributed by atoms with van der Waals surface area (Å²) in [5.74, 6) is -5.37. The minimum absolute atomic E-state index is 0.0129. The number of aromatic amines is 1. The summed E-state index contributed by atoms with van der Waals surface area (Å²) in [6, 6.07) is 4.04. The van der Waals surface area contributed by atoms with Crippen LogP contribution in [0.15, 0.2) is 40.2 Å². The monoisotopic (exact) mass is 746 g/mol. The smallest absolute Gasteiger partial charge is 0.326 e. The van der Waals surface area contributed by atoms with Crippen LogP contribution in [0.4, 0.5) is 11.6 Å². The molecule has 0 saturated carbocycles. The zero-order valence-corrected chi connectivity index (χ0v) is 28.4. The molecule has 18 N–H and O–H groups in total. The Bertz CT molecular complexity index is 1830. The number of aromatic nitrogens is 4. The highest BCUT2D eigenvalue weighted by Gasteiger charge is 2.21. The molecule has 0 radical (unpaired) electrons. The number of guanidine groups is 2. The number of anilines is 2. The lowest BCUT2D eigenvalue weighted by molar-refractivity contribution is -0.141. The Morgan fingerprint density at radius 2 is 1.62 bits per heavy atom. The molecule has 3 rings (SSSR count). The first-order chi connectivity index (χ1) is 24.8. The molecular formula is C29H42N14O10. The maximum atomic E-state index is 12.3. The van der Waals surface area contributed by atoms with Crippen LogP contribution in [0.1, 0.15) is 41.7 Å². The van der Waals surface area contributed by atoms with E-state index in [1.54, 1.807) is 12.1 Å². The minimum Gasteiger partial charge on any atom is -0.481 e. The van der Waals surface area contributed by atoms with Gasteiger partial charge >= 0.3 is 23.9 Å². The number of rotatable bonds is 16. The average molecular weight is 747 g/mol. The molecule has 0 bridgehead atoms. The molecule has 2 atom stereocenters. The summed E-state index contributed by atoms with van der Waals surface area (Å²) in [7, 11) is 1.44. The summed E-state index contributed by atoms with van der Waals surface area (Å²) >= 11 is 0. The summed E-state index contributed by atoms with van der Waals surface area (Å²) in [6.07, 6.45) is 1.80. The van der Waals surface area contributed by atoms with E-state index in [0.29, 0.717) is 30.8 Å². The van der Waals surface area contributed by atoms with Gasteiger partial charge in [-0.3, -0.25) is 39.4 Å². The van der Waals surface area contributed by atoms with E-state index in [1.807, 2.05) is 0 Å². The Hall–Kier alpha value is -7.11. The van der Waals surface area contributed by atoms with Gasteiger partial charge in [-0.25, -0.2) is 14.8 Å². The van der Waals surface area contributed by atoms with Crippen LogP contribution in [-0.2, 0) is 25.7 Å². The molecule has 2 aromatic heterocycles. The molecule has 3 aromatic rings. The van der Waals surface area contributed by atoms with Crippen molar-refractivity contribution >= 4 is 64.5 Å². The van der Waals surface area contributed by atoms with Gasteiger partial charge in [0.2, 0.25) is 5.95 Å². The SMILES string of the molecule is CN(CC(=O)O)C(=N)N.NC(N)=NCCC[C@H](N)C(=O)O.Nc1nc2ncc(CNc3ccc(C(=O)N[C@@H](CCC(=O)O)C(=O)O)cc3)nc2c(=O)[nH]1. The Kier molecular flexibility index (Phi) is 18.1. The van der Waals surface area contributed by atoms with E-state index >= 15 is 0 Å². The number of carbonyl (C=O) groups is 5. The van der Waals surface area contributed by atoms with Crippen molar-refractivity contribution in [3.63, 3.8) is 0 Å². The van der Waals surface area contributed by atoms with Crippen LogP contribution in [0.2, 0.25) is 0 Å². The summed E-state index contributed by atoms with van der Waals surface area (Å²) < 4.78 is 0. The topological polar surface area (TPSA) is 431 Å². The number of carboxylic acids is 4. The van der Waals surface area contributed by atoms with E-state index in [4.69, 9.17) is 54.5 Å². The van der Waals surface area contributed by atoms with Crippen LogP contribution in [0, 0.1) is 5.41 Å². The fourth-order valence-corrected chi connectivity index (χ4v) is 3.69. The number of hydrogen-bond acceptors (Lipinski definition) is 14. The third-order valence-electron chi connectivity index (χ3n) is 6.43. The number of carbonyl (C=O) groups excluding carboxylic acids is 1. The number of likely N-dealkylation sites (N-methyl/N-ethyl adjacent to an activating group) is 1. The van der Waals surface area contributed by atoms with Crippen LogP contribution >= 0.6 is 0 Å². The fourth-order valence-electron chi connectivity index (χ4n) is 3.69. The normalized spacial score (nSPS) is 11.2. The highest BCUT2D eigenvalue weighted by atomic mass is 16.4. The summed E-state index contributed by atoms with van der Waals surface area (Å²) in [4.78, 5) is 85.5. The second-order valence-corrected chi connectivity index (χ2v) is 10.7. The summed E-state index contributed by atoms with van der Waals surface area (Å²) in [6.45, 7) is 0.424. The molecule has 1 aromatic carbocycles. The van der Waals surface area contributed by atoms with Gasteiger partial charge in [0, 0.05) is 31.3 Å². The Balaban J connectivity index is 0.000000548. The Morgan fingerprint density at radius 1 is 0.981 bits per heavy atom. The van der Waals surface area contributed by atoms with Gasteiger partial charge in [-0.05, 0) is 43.5 Å². The molecule has 0 aliphatic heterocycles. The second-order valence-electron chi connectivity index (χ2n) is 10.7. The standard InChI is InChI=1S/C19H19N7O6.C6H14N4O2.C4H9N3O2/c20-19-25-15-14(17(30)26-19)23-11(8-22-15)7-21-10-3-1-9(2-4-10)16(29)24-12(18(31)32)5-6-13(27)28;7-4(5(11)12)2-1-3-10-6(8)9;1-7(4(5)6)2-3(8)9/h1-4,8,12,21H,5-7H2,(H,24,29)(H,27,28)(H,31,32)(H3,20,22,25,26,30);4H,1-3,7H2,(H,11,12)(H4,8,9,10);2H2,1H3,(H3,5,6)(H,8,9)/t12-;4-;/m00./s1. The van der Waals surface area contributed by atoms with E-state index in [2.05, 4.69) is 35.6 Å². The molecule has 0 spiro atoms. The van der Waals surface area contributed by atoms with Crippen molar-refractivity contribution in [2.24, 2.45) is 27.9 Å². The Labute approximate surface area is 300 Å². The molecule has 0 saturated heterocycles. The lowest BCUT2D eigenvalue weighted by Gasteiger charge is -2.14. The van der Waals surface area contributed by atoms with Crippen molar-refractivity contribution in [1.82, 2.24) is 30.2 Å². The summed E-state index contributed by atoms with van der Waals surface area (Å²) in [5.41, 5.74) is 26.7. The van der Waals surface area contributed by atoms with Gasteiger partial charge < -0.3 is 64.6 Å². The van der Waals surface area contributed by atoms with Gasteiger partial charge in [-0.2, -0.15) is 4.98 Å². The molecule has 24 nitrogen and oxygen atoms in total. The fraction of sp³-hybridized carbons (Fsp3) is 0.345. The van der Waals surface area contributed by atoms with E-state index in [1.165, 1.54) is 25.4 Å². The van der Waals surface area contributed by atoms with Crippen LogP contribution in [0.5, 0.6) is 0 Å². The minimum atomic E-state index is -1.31. The van der Waals surface area contributed by atoms with Crippen LogP contribution in [0.25, 0.3) is 11.2 Å². The number of nitrogen functional groups attached to an aromatic ring is 1. The molecule has 0 aliphatic carbocycles. The number of fused-ring (bicyclic) bond motifs is 1. The molecule has 0 unspecified atom stereocenters. The van der Waals surface area contributed by atoms with Crippen molar-refractivity contribution in [2.45, 2.75) is 44.3 Å². The number of H-pyrrole nitrogens is 1. The van der Waals surface area contributed by atoms with Gasteiger partial charge in [0.15, 0.2) is 23.1 Å². The van der Waals surface area contributed by atoms with E-state index < -0.39 is 47.4 Å².